The molecule has 0 aliphatic heterocycles. The molecule has 0 aromatic carbocycles. The molecule has 2 rings (SSSR count). The van der Waals surface area contributed by atoms with Crippen LogP contribution < -0.4 is 9.81 Å². The first-order chi connectivity index (χ1) is 8.71. The Morgan fingerprint density at radius 3 is 2.47 bits per heavy atom. The first kappa shape index (κ1) is 13.9. The third-order valence-corrected chi connectivity index (χ3v) is 3.64. The maximum absolute atomic E-state index is 12.2. The van der Waals surface area contributed by atoms with Gasteiger partial charge in [0.05, 0.1) is 6.07 Å². The first-order valence-electron chi connectivity index (χ1n) is 5.37. The van der Waals surface area contributed by atoms with Gasteiger partial charge in [-0.05, 0) is 19.3 Å². The zero-order valence-electron chi connectivity index (χ0n) is 9.49. The molecule has 9 heteroatoms. The minimum atomic E-state index is -5.78. The summed E-state index contributed by atoms with van der Waals surface area (Å²) in [5.74, 6) is -0.408. The van der Waals surface area contributed by atoms with Gasteiger partial charge in [-0.1, -0.05) is 0 Å². The van der Waals surface area contributed by atoms with E-state index < -0.39 is 27.0 Å². The van der Waals surface area contributed by atoms with E-state index in [1.807, 2.05) is 0 Å². The molecule has 19 heavy (non-hydrogen) atoms. The van der Waals surface area contributed by atoms with Gasteiger partial charge in [0.15, 0.2) is 5.75 Å². The molecule has 5 nitrogen and oxygen atoms in total. The lowest BCUT2D eigenvalue weighted by Crippen LogP contribution is -2.29. The van der Waals surface area contributed by atoms with Crippen molar-refractivity contribution in [3.8, 4) is 5.75 Å². The van der Waals surface area contributed by atoms with Crippen LogP contribution in [0, 0.1) is 0 Å². The molecule has 0 fully saturated rings. The standard InChI is InChI=1S/C10H9F3O5S/c11-10(12,13)19(15,16)18-8-5-9(14)17-7-4-2-1-3-6(7)8/h5H,1-4H2. The Hall–Kier alpha value is -1.51. The fraction of sp³-hybridized carbons (Fsp3) is 0.500. The van der Waals surface area contributed by atoms with Crippen molar-refractivity contribution in [2.75, 3.05) is 0 Å². The van der Waals surface area contributed by atoms with Gasteiger partial charge in [-0.2, -0.15) is 21.6 Å². The first-order valence-corrected chi connectivity index (χ1v) is 6.78. The van der Waals surface area contributed by atoms with Crippen molar-refractivity contribution >= 4 is 10.1 Å². The molecule has 0 unspecified atom stereocenters. The van der Waals surface area contributed by atoms with Gasteiger partial charge in [0.2, 0.25) is 0 Å². The zero-order chi connectivity index (χ0) is 14.3. The Balaban J connectivity index is 2.47. The van der Waals surface area contributed by atoms with Crippen LogP contribution in [0.15, 0.2) is 15.3 Å². The van der Waals surface area contributed by atoms with E-state index in [0.29, 0.717) is 31.7 Å². The Morgan fingerprint density at radius 1 is 1.21 bits per heavy atom. The highest BCUT2D eigenvalue weighted by atomic mass is 32.2. The lowest BCUT2D eigenvalue weighted by molar-refractivity contribution is -0.0500. The van der Waals surface area contributed by atoms with E-state index in [-0.39, 0.29) is 11.3 Å². The number of halogens is 3. The van der Waals surface area contributed by atoms with E-state index in [1.165, 1.54) is 0 Å². The van der Waals surface area contributed by atoms with Gasteiger partial charge in [0.25, 0.3) is 0 Å². The Bertz CT molecular complexity index is 644. The smallest absolute Gasteiger partial charge is 0.427 e. The average Bonchev–Trinajstić information content (AvgIpc) is 2.26. The van der Waals surface area contributed by atoms with Gasteiger partial charge >= 0.3 is 21.3 Å². The molecule has 0 spiro atoms. The number of hydrogen-bond acceptors (Lipinski definition) is 5. The minimum absolute atomic E-state index is 0.186. The van der Waals surface area contributed by atoms with E-state index in [0.717, 1.165) is 0 Å². The maximum Gasteiger partial charge on any atom is 0.534 e. The predicted octanol–water partition coefficient (Wildman–Crippen LogP) is 1.75. The van der Waals surface area contributed by atoms with Gasteiger partial charge < -0.3 is 8.60 Å². The summed E-state index contributed by atoms with van der Waals surface area (Å²) in [6.07, 6.45) is 2.05. The highest BCUT2D eigenvalue weighted by Gasteiger charge is 2.49. The van der Waals surface area contributed by atoms with Crippen LogP contribution in [0.25, 0.3) is 0 Å². The van der Waals surface area contributed by atoms with Crippen LogP contribution in [-0.2, 0) is 23.0 Å². The molecule has 0 saturated carbocycles. The van der Waals surface area contributed by atoms with E-state index in [1.54, 1.807) is 0 Å². The van der Waals surface area contributed by atoms with Crippen LogP contribution in [0.3, 0.4) is 0 Å². The highest BCUT2D eigenvalue weighted by molar-refractivity contribution is 7.88. The van der Waals surface area contributed by atoms with E-state index in [9.17, 15) is 26.4 Å². The summed E-state index contributed by atoms with van der Waals surface area (Å²) in [5, 5.41) is 0. The van der Waals surface area contributed by atoms with Crippen molar-refractivity contribution < 1.29 is 30.2 Å². The predicted molar refractivity (Wildman–Crippen MR) is 57.2 cm³/mol. The molecule has 1 aromatic rings. The molecular formula is C10H9F3O5S. The summed E-state index contributed by atoms with van der Waals surface area (Å²) in [5.41, 5.74) is -6.27. The second kappa shape index (κ2) is 4.55. The summed E-state index contributed by atoms with van der Waals surface area (Å²) in [4.78, 5) is 11.2. The Kier molecular flexibility index (Phi) is 3.33. The van der Waals surface area contributed by atoms with Crippen molar-refractivity contribution in [1.29, 1.82) is 0 Å². The van der Waals surface area contributed by atoms with Crippen molar-refractivity contribution in [2.24, 2.45) is 0 Å². The summed E-state index contributed by atoms with van der Waals surface area (Å²) in [6.45, 7) is 0. The van der Waals surface area contributed by atoms with Crippen LogP contribution in [0.1, 0.15) is 24.2 Å². The monoisotopic (exact) mass is 298 g/mol. The number of hydrogen-bond donors (Lipinski definition) is 0. The Morgan fingerprint density at radius 2 is 1.84 bits per heavy atom. The molecule has 1 aliphatic carbocycles. The van der Waals surface area contributed by atoms with Gasteiger partial charge in [0, 0.05) is 12.0 Å². The van der Waals surface area contributed by atoms with Gasteiger partial charge in [-0.25, -0.2) is 4.79 Å². The van der Waals surface area contributed by atoms with Crippen LogP contribution in [-0.4, -0.2) is 13.9 Å². The average molecular weight is 298 g/mol. The molecule has 0 N–H and O–H groups in total. The minimum Gasteiger partial charge on any atom is -0.427 e. The van der Waals surface area contributed by atoms with Crippen LogP contribution in [0.5, 0.6) is 5.75 Å². The summed E-state index contributed by atoms with van der Waals surface area (Å²) in [7, 11) is -5.78. The number of rotatable bonds is 2. The molecule has 0 saturated heterocycles. The number of alkyl halides is 3. The molecule has 0 radical (unpaired) electrons. The Labute approximate surface area is 106 Å². The van der Waals surface area contributed by atoms with Crippen LogP contribution in [0.2, 0.25) is 0 Å². The molecule has 0 amide bonds. The van der Waals surface area contributed by atoms with E-state index >= 15 is 0 Å². The van der Waals surface area contributed by atoms with Crippen molar-refractivity contribution in [3.05, 3.63) is 27.8 Å². The number of aryl methyl sites for hydroxylation is 1. The lowest BCUT2D eigenvalue weighted by atomic mass is 9.97. The molecule has 1 aromatic heterocycles. The molecule has 106 valence electrons. The topological polar surface area (TPSA) is 73.6 Å². The zero-order valence-corrected chi connectivity index (χ0v) is 10.3. The summed E-state index contributed by atoms with van der Waals surface area (Å²) < 4.78 is 67.5. The molecule has 1 aliphatic rings. The third-order valence-electron chi connectivity index (χ3n) is 2.67. The fourth-order valence-electron chi connectivity index (χ4n) is 1.84. The third kappa shape index (κ3) is 2.75. The van der Waals surface area contributed by atoms with Crippen LogP contribution >= 0.6 is 0 Å². The lowest BCUT2D eigenvalue weighted by Gasteiger charge is -2.17. The second-order valence-corrected chi connectivity index (χ2v) is 5.56. The summed E-state index contributed by atoms with van der Waals surface area (Å²) >= 11 is 0. The van der Waals surface area contributed by atoms with E-state index in [2.05, 4.69) is 4.18 Å². The van der Waals surface area contributed by atoms with Crippen molar-refractivity contribution in [1.82, 2.24) is 0 Å². The number of fused-ring (bicyclic) bond motifs is 1. The second-order valence-electron chi connectivity index (χ2n) is 4.02. The van der Waals surface area contributed by atoms with E-state index in [4.69, 9.17) is 4.42 Å². The largest absolute Gasteiger partial charge is 0.534 e. The molecule has 0 atom stereocenters. The molecule has 1 heterocycles. The van der Waals surface area contributed by atoms with Crippen molar-refractivity contribution in [2.45, 2.75) is 31.2 Å². The molecule has 0 bridgehead atoms. The van der Waals surface area contributed by atoms with Gasteiger partial charge in [0.1, 0.15) is 5.76 Å². The van der Waals surface area contributed by atoms with Gasteiger partial charge in [-0.3, -0.25) is 0 Å². The highest BCUT2D eigenvalue weighted by Crippen LogP contribution is 2.32. The normalized spacial score (nSPS) is 15.9. The molecular weight excluding hydrogens is 289 g/mol. The van der Waals surface area contributed by atoms with Crippen molar-refractivity contribution in [3.63, 3.8) is 0 Å². The van der Waals surface area contributed by atoms with Crippen LogP contribution in [0.4, 0.5) is 13.2 Å². The SMILES string of the molecule is O=c1cc(OS(=O)(=O)C(F)(F)F)c2c(o1)CCCC2. The van der Waals surface area contributed by atoms with Gasteiger partial charge in [-0.15, -0.1) is 0 Å². The maximum atomic E-state index is 12.2. The quantitative estimate of drug-likeness (QED) is 0.614. The summed E-state index contributed by atoms with van der Waals surface area (Å²) in [6, 6.07) is 0.618. The fourth-order valence-corrected chi connectivity index (χ4v) is 2.32.